The third-order valence-electron chi connectivity index (χ3n) is 8.16. The Bertz CT molecular complexity index is 1680. The van der Waals surface area contributed by atoms with E-state index in [2.05, 4.69) is 29.3 Å². The van der Waals surface area contributed by atoms with Crippen molar-refractivity contribution < 1.29 is 23.9 Å². The number of amides is 1. The van der Waals surface area contributed by atoms with Crippen LogP contribution in [0.25, 0.3) is 10.9 Å². The van der Waals surface area contributed by atoms with Gasteiger partial charge in [-0.2, -0.15) is 0 Å². The van der Waals surface area contributed by atoms with Gasteiger partial charge >= 0.3 is 11.9 Å². The first-order chi connectivity index (χ1) is 20.9. The van der Waals surface area contributed by atoms with E-state index in [1.807, 2.05) is 42.5 Å². The SMILES string of the molecule is CCOC(=O)c1c(NC(=O)COC(=O)c2c3c(nc4ccccc24)CCN(Cc2ccccc2)C3)sc2c1CCC(C)C2. The largest absolute Gasteiger partial charge is 0.462 e. The summed E-state index contributed by atoms with van der Waals surface area (Å²) < 4.78 is 11.0. The van der Waals surface area contributed by atoms with E-state index in [-0.39, 0.29) is 6.61 Å². The topological polar surface area (TPSA) is 97.8 Å². The maximum Gasteiger partial charge on any atom is 0.341 e. The van der Waals surface area contributed by atoms with Crippen LogP contribution in [0.2, 0.25) is 0 Å². The van der Waals surface area contributed by atoms with Crippen molar-refractivity contribution in [3.63, 3.8) is 0 Å². The van der Waals surface area contributed by atoms with E-state index in [1.165, 1.54) is 16.9 Å². The van der Waals surface area contributed by atoms with Crippen molar-refractivity contribution in [2.45, 2.75) is 52.6 Å². The fourth-order valence-electron chi connectivity index (χ4n) is 6.08. The number of nitrogens with one attached hydrogen (secondary N) is 1. The van der Waals surface area contributed by atoms with Gasteiger partial charge < -0.3 is 14.8 Å². The Balaban J connectivity index is 1.22. The van der Waals surface area contributed by atoms with E-state index in [4.69, 9.17) is 14.5 Å². The highest BCUT2D eigenvalue weighted by Crippen LogP contribution is 2.40. The summed E-state index contributed by atoms with van der Waals surface area (Å²) in [5, 5.41) is 4.01. The van der Waals surface area contributed by atoms with Crippen LogP contribution in [0.3, 0.4) is 0 Å². The summed E-state index contributed by atoms with van der Waals surface area (Å²) in [5.41, 5.74) is 5.51. The van der Waals surface area contributed by atoms with Crippen LogP contribution >= 0.6 is 11.3 Å². The van der Waals surface area contributed by atoms with Crippen molar-refractivity contribution in [3.8, 4) is 0 Å². The van der Waals surface area contributed by atoms with Gasteiger partial charge in [0, 0.05) is 47.6 Å². The minimum atomic E-state index is -0.559. The predicted octanol–water partition coefficient (Wildman–Crippen LogP) is 5.95. The second-order valence-corrected chi connectivity index (χ2v) is 12.4. The number of hydrogen-bond acceptors (Lipinski definition) is 8. The fourth-order valence-corrected chi connectivity index (χ4v) is 7.49. The zero-order valence-corrected chi connectivity index (χ0v) is 25.3. The number of carbonyl (C=O) groups excluding carboxylic acids is 3. The van der Waals surface area contributed by atoms with E-state index in [1.54, 1.807) is 6.92 Å². The van der Waals surface area contributed by atoms with Gasteiger partial charge in [0.1, 0.15) is 5.00 Å². The zero-order valence-electron chi connectivity index (χ0n) is 24.5. The number of fused-ring (bicyclic) bond motifs is 3. The maximum atomic E-state index is 13.7. The number of anilines is 1. The van der Waals surface area contributed by atoms with E-state index < -0.39 is 24.5 Å². The second-order valence-electron chi connectivity index (χ2n) is 11.3. The van der Waals surface area contributed by atoms with Gasteiger partial charge in [0.15, 0.2) is 6.61 Å². The molecule has 0 bridgehead atoms. The van der Waals surface area contributed by atoms with Crippen molar-refractivity contribution in [2.75, 3.05) is 25.1 Å². The van der Waals surface area contributed by atoms with Crippen molar-refractivity contribution in [3.05, 3.63) is 93.0 Å². The number of thiophene rings is 1. The molecule has 3 heterocycles. The summed E-state index contributed by atoms with van der Waals surface area (Å²) in [5.74, 6) is -0.979. The summed E-state index contributed by atoms with van der Waals surface area (Å²) in [7, 11) is 0. The molecule has 0 spiro atoms. The molecule has 0 saturated heterocycles. The van der Waals surface area contributed by atoms with Crippen LogP contribution in [-0.2, 0) is 46.6 Å². The minimum absolute atomic E-state index is 0.248. The lowest BCUT2D eigenvalue weighted by Crippen LogP contribution is -2.32. The highest BCUT2D eigenvalue weighted by Gasteiger charge is 2.30. The Morgan fingerprint density at radius 2 is 1.74 bits per heavy atom. The van der Waals surface area contributed by atoms with Crippen LogP contribution < -0.4 is 5.32 Å². The molecule has 9 heteroatoms. The molecule has 2 aromatic heterocycles. The van der Waals surface area contributed by atoms with E-state index >= 15 is 0 Å². The number of nitrogens with zero attached hydrogens (tertiary/aromatic N) is 2. The first-order valence-electron chi connectivity index (χ1n) is 14.9. The summed E-state index contributed by atoms with van der Waals surface area (Å²) in [6.45, 7) is 5.87. The van der Waals surface area contributed by atoms with E-state index in [0.717, 1.165) is 59.6 Å². The minimum Gasteiger partial charge on any atom is -0.462 e. The number of ether oxygens (including phenoxy) is 2. The Morgan fingerprint density at radius 1 is 0.977 bits per heavy atom. The number of para-hydroxylation sites is 1. The molecule has 1 amide bonds. The van der Waals surface area contributed by atoms with Crippen LogP contribution in [0, 0.1) is 5.92 Å². The van der Waals surface area contributed by atoms with Crippen LogP contribution in [0.4, 0.5) is 5.00 Å². The quantitative estimate of drug-likeness (QED) is 0.251. The molecule has 222 valence electrons. The number of esters is 2. The molecule has 0 fully saturated rings. The van der Waals surface area contributed by atoms with Gasteiger partial charge in [0.2, 0.25) is 0 Å². The van der Waals surface area contributed by atoms with Gasteiger partial charge in [0.25, 0.3) is 5.91 Å². The third kappa shape index (κ3) is 6.19. The maximum absolute atomic E-state index is 13.7. The van der Waals surface area contributed by atoms with Crippen molar-refractivity contribution in [2.24, 2.45) is 5.92 Å². The van der Waals surface area contributed by atoms with Gasteiger partial charge in [0.05, 0.1) is 23.3 Å². The average Bonchev–Trinajstić information content (AvgIpc) is 3.36. The molecule has 1 N–H and O–H groups in total. The Labute approximate surface area is 255 Å². The van der Waals surface area contributed by atoms with Crippen molar-refractivity contribution in [1.29, 1.82) is 0 Å². The van der Waals surface area contributed by atoms with Crippen LogP contribution in [0.15, 0.2) is 54.6 Å². The number of hydrogen-bond donors (Lipinski definition) is 1. The molecule has 1 unspecified atom stereocenters. The molecule has 0 radical (unpaired) electrons. The molecule has 4 aromatic rings. The number of aromatic nitrogens is 1. The summed E-state index contributed by atoms with van der Waals surface area (Å²) in [6.07, 6.45) is 3.33. The summed E-state index contributed by atoms with van der Waals surface area (Å²) in [4.78, 5) is 47.9. The summed E-state index contributed by atoms with van der Waals surface area (Å²) >= 11 is 1.41. The lowest BCUT2D eigenvalue weighted by molar-refractivity contribution is -0.119. The molecule has 2 aliphatic rings. The molecular formula is C34H35N3O5S. The number of rotatable bonds is 8. The average molecular weight is 598 g/mol. The molecule has 6 rings (SSSR count). The number of carbonyl (C=O) groups is 3. The lowest BCUT2D eigenvalue weighted by atomic mass is 9.88. The molecule has 8 nitrogen and oxygen atoms in total. The normalized spacial score (nSPS) is 16.3. The van der Waals surface area contributed by atoms with Crippen molar-refractivity contribution in [1.82, 2.24) is 9.88 Å². The monoisotopic (exact) mass is 597 g/mol. The third-order valence-corrected chi connectivity index (χ3v) is 9.33. The first kappa shape index (κ1) is 29.0. The Morgan fingerprint density at radius 3 is 2.56 bits per heavy atom. The Hall–Kier alpha value is -4.08. The Kier molecular flexibility index (Phi) is 8.54. The lowest BCUT2D eigenvalue weighted by Gasteiger charge is -2.30. The number of benzene rings is 2. The summed E-state index contributed by atoms with van der Waals surface area (Å²) in [6, 6.07) is 17.8. The van der Waals surface area contributed by atoms with Gasteiger partial charge in [-0.25, -0.2) is 9.59 Å². The van der Waals surface area contributed by atoms with Gasteiger partial charge in [-0.1, -0.05) is 55.5 Å². The highest BCUT2D eigenvalue weighted by molar-refractivity contribution is 7.17. The molecule has 2 aromatic carbocycles. The van der Waals surface area contributed by atoms with Gasteiger partial charge in [-0.3, -0.25) is 14.7 Å². The van der Waals surface area contributed by atoms with E-state index in [0.29, 0.717) is 40.4 Å². The molecule has 0 saturated carbocycles. The van der Waals surface area contributed by atoms with Crippen LogP contribution in [-0.4, -0.2) is 47.5 Å². The van der Waals surface area contributed by atoms with E-state index in [9.17, 15) is 14.4 Å². The van der Waals surface area contributed by atoms with Crippen molar-refractivity contribution >= 4 is 45.1 Å². The molecular weight excluding hydrogens is 562 g/mol. The molecule has 1 aliphatic carbocycles. The highest BCUT2D eigenvalue weighted by atomic mass is 32.1. The fraction of sp³-hybridized carbons (Fsp3) is 0.353. The molecule has 1 atom stereocenters. The van der Waals surface area contributed by atoms with Crippen LogP contribution in [0.5, 0.6) is 0 Å². The van der Waals surface area contributed by atoms with Crippen LogP contribution in [0.1, 0.15) is 68.2 Å². The number of pyridine rings is 1. The van der Waals surface area contributed by atoms with Gasteiger partial charge in [-0.15, -0.1) is 11.3 Å². The zero-order chi connectivity index (χ0) is 29.9. The standard InChI is InChI=1S/C34H35N3O5S/c1-3-41-34(40)31-24-14-13-21(2)17-28(24)43-32(31)36-29(38)20-42-33(39)30-23-11-7-8-12-26(23)35-27-15-16-37(19-25(27)30)18-22-9-5-4-6-10-22/h4-12,21H,3,13-20H2,1-2H3,(H,36,38). The smallest absolute Gasteiger partial charge is 0.341 e. The molecule has 43 heavy (non-hydrogen) atoms. The van der Waals surface area contributed by atoms with Gasteiger partial charge in [-0.05, 0) is 49.3 Å². The first-order valence-corrected chi connectivity index (χ1v) is 15.7. The predicted molar refractivity (Wildman–Crippen MR) is 166 cm³/mol. The second kappa shape index (κ2) is 12.7. The molecule has 1 aliphatic heterocycles.